The number of thiophene rings is 1. The molecule has 1 aromatic heterocycles. The normalized spacial score (nSPS) is 26.3. The summed E-state index contributed by atoms with van der Waals surface area (Å²) >= 11 is 1.48. The number of nitrogens with one attached hydrogen (secondary N) is 1. The van der Waals surface area contributed by atoms with Crippen LogP contribution in [-0.2, 0) is 19.1 Å². The molecule has 7 heteroatoms. The van der Waals surface area contributed by atoms with E-state index in [4.69, 9.17) is 15.2 Å². The highest BCUT2D eigenvalue weighted by molar-refractivity contribution is 7.10. The molecular weight excluding hydrogens is 292 g/mol. The van der Waals surface area contributed by atoms with Gasteiger partial charge in [-0.1, -0.05) is 6.07 Å². The second kappa shape index (κ2) is 6.55. The fraction of sp³-hybridized carbons (Fsp3) is 0.571. The van der Waals surface area contributed by atoms with Gasteiger partial charge in [-0.15, -0.1) is 11.3 Å². The summed E-state index contributed by atoms with van der Waals surface area (Å²) in [5.41, 5.74) is 5.19. The van der Waals surface area contributed by atoms with Crippen molar-refractivity contribution in [3.05, 3.63) is 22.4 Å². The van der Waals surface area contributed by atoms with Crippen molar-refractivity contribution in [3.63, 3.8) is 0 Å². The zero-order chi connectivity index (χ0) is 15.5. The summed E-state index contributed by atoms with van der Waals surface area (Å²) in [4.78, 5) is 25.0. The number of amides is 1. The zero-order valence-corrected chi connectivity index (χ0v) is 12.9. The quantitative estimate of drug-likeness (QED) is 0.786. The number of nitrogens with two attached hydrogens (primary N) is 1. The topological polar surface area (TPSA) is 90.6 Å². The van der Waals surface area contributed by atoms with E-state index in [-0.39, 0.29) is 30.9 Å². The third-order valence-electron chi connectivity index (χ3n) is 3.83. The number of hydrogen-bond donors (Lipinski definition) is 2. The Balaban J connectivity index is 2.11. The molecule has 1 saturated heterocycles. The van der Waals surface area contributed by atoms with Crippen LogP contribution in [0.2, 0.25) is 0 Å². The molecule has 6 nitrogen and oxygen atoms in total. The van der Waals surface area contributed by atoms with E-state index in [2.05, 4.69) is 5.32 Å². The van der Waals surface area contributed by atoms with Crippen LogP contribution in [0.1, 0.15) is 24.3 Å². The molecule has 3 atom stereocenters. The minimum absolute atomic E-state index is 0.0922. The number of rotatable bonds is 5. The second-order valence-corrected chi connectivity index (χ2v) is 6.34. The Labute approximate surface area is 127 Å². The largest absolute Gasteiger partial charge is 0.469 e. The maximum absolute atomic E-state index is 12.5. The predicted molar refractivity (Wildman–Crippen MR) is 78.7 cm³/mol. The zero-order valence-electron chi connectivity index (χ0n) is 12.1. The number of hydrogen-bond acceptors (Lipinski definition) is 6. The third kappa shape index (κ3) is 3.42. The number of carbonyl (C=O) groups excluding carboxylic acids is 2. The fourth-order valence-corrected chi connectivity index (χ4v) is 2.99. The van der Waals surface area contributed by atoms with Crippen molar-refractivity contribution in [2.45, 2.75) is 25.4 Å². The smallest absolute Gasteiger partial charge is 0.307 e. The summed E-state index contributed by atoms with van der Waals surface area (Å²) < 4.78 is 9.99. The van der Waals surface area contributed by atoms with Crippen LogP contribution in [0, 0.1) is 5.41 Å². The number of esters is 1. The van der Waals surface area contributed by atoms with Gasteiger partial charge in [0.05, 0.1) is 38.2 Å². The minimum atomic E-state index is -0.772. The maximum atomic E-state index is 12.5. The van der Waals surface area contributed by atoms with Crippen molar-refractivity contribution in [1.82, 2.24) is 5.32 Å². The van der Waals surface area contributed by atoms with Gasteiger partial charge in [-0.05, 0) is 18.4 Å². The van der Waals surface area contributed by atoms with E-state index in [1.807, 2.05) is 17.5 Å². The standard InChI is InChI=1S/C14H20N2O4S/c1-14(8-20-7-11(14)15)13(18)16-9(6-12(17)19-2)10-4-3-5-21-10/h3-5,9,11H,6-8,15H2,1-2H3,(H,16,18). The molecule has 3 N–H and O–H groups in total. The maximum Gasteiger partial charge on any atom is 0.307 e. The summed E-state index contributed by atoms with van der Waals surface area (Å²) in [6, 6.07) is 3.00. The molecule has 2 heterocycles. The van der Waals surface area contributed by atoms with Crippen LogP contribution < -0.4 is 11.1 Å². The summed E-state index contributed by atoms with van der Waals surface area (Å²) in [6.45, 7) is 2.43. The first-order valence-electron chi connectivity index (χ1n) is 6.72. The van der Waals surface area contributed by atoms with Crippen molar-refractivity contribution < 1.29 is 19.1 Å². The van der Waals surface area contributed by atoms with E-state index in [0.29, 0.717) is 6.61 Å². The summed E-state index contributed by atoms with van der Waals surface area (Å²) in [5, 5.41) is 4.81. The highest BCUT2D eigenvalue weighted by Gasteiger charge is 2.45. The van der Waals surface area contributed by atoms with E-state index in [0.717, 1.165) is 4.88 Å². The molecule has 0 radical (unpaired) electrons. The molecule has 0 bridgehead atoms. The molecule has 1 aliphatic rings. The van der Waals surface area contributed by atoms with Crippen molar-refractivity contribution in [2.24, 2.45) is 11.1 Å². The van der Waals surface area contributed by atoms with Crippen LogP contribution in [0.25, 0.3) is 0 Å². The SMILES string of the molecule is COC(=O)CC(NC(=O)C1(C)COCC1N)c1cccs1. The first kappa shape index (κ1) is 15.9. The summed E-state index contributed by atoms with van der Waals surface area (Å²) in [6.07, 6.45) is 0.0922. The van der Waals surface area contributed by atoms with Gasteiger partial charge in [-0.3, -0.25) is 9.59 Å². The molecule has 3 unspecified atom stereocenters. The Morgan fingerprint density at radius 3 is 2.95 bits per heavy atom. The second-order valence-electron chi connectivity index (χ2n) is 5.36. The Hall–Kier alpha value is -1.44. The Kier molecular flexibility index (Phi) is 4.97. The highest BCUT2D eigenvalue weighted by Crippen LogP contribution is 2.30. The average molecular weight is 312 g/mol. The van der Waals surface area contributed by atoms with Crippen LogP contribution >= 0.6 is 11.3 Å². The first-order chi connectivity index (χ1) is 9.97. The first-order valence-corrected chi connectivity index (χ1v) is 7.60. The van der Waals surface area contributed by atoms with E-state index >= 15 is 0 Å². The van der Waals surface area contributed by atoms with E-state index < -0.39 is 11.5 Å². The lowest BCUT2D eigenvalue weighted by atomic mass is 9.84. The van der Waals surface area contributed by atoms with Gasteiger partial charge >= 0.3 is 5.97 Å². The molecule has 21 heavy (non-hydrogen) atoms. The number of carbonyl (C=O) groups is 2. The van der Waals surface area contributed by atoms with Crippen LogP contribution in [0.5, 0.6) is 0 Å². The predicted octanol–water partition coefficient (Wildman–Crippen LogP) is 0.832. The van der Waals surface area contributed by atoms with Crippen LogP contribution in [0.4, 0.5) is 0 Å². The van der Waals surface area contributed by atoms with Gasteiger partial charge in [0.25, 0.3) is 0 Å². The lowest BCUT2D eigenvalue weighted by Gasteiger charge is -2.28. The molecule has 116 valence electrons. The van der Waals surface area contributed by atoms with Crippen LogP contribution in [0.3, 0.4) is 0 Å². The molecule has 1 amide bonds. The van der Waals surface area contributed by atoms with Crippen LogP contribution in [-0.4, -0.2) is 38.2 Å². The molecule has 1 aromatic rings. The van der Waals surface area contributed by atoms with Gasteiger partial charge in [0.15, 0.2) is 0 Å². The molecule has 0 saturated carbocycles. The van der Waals surface area contributed by atoms with Crippen molar-refractivity contribution in [3.8, 4) is 0 Å². The van der Waals surface area contributed by atoms with E-state index in [9.17, 15) is 9.59 Å². The Morgan fingerprint density at radius 2 is 2.43 bits per heavy atom. The van der Waals surface area contributed by atoms with Gasteiger partial charge in [0.2, 0.25) is 5.91 Å². The van der Waals surface area contributed by atoms with Gasteiger partial charge in [0, 0.05) is 10.9 Å². The molecule has 0 spiro atoms. The molecule has 0 aromatic carbocycles. The molecule has 1 aliphatic heterocycles. The lowest BCUT2D eigenvalue weighted by molar-refractivity contribution is -0.141. The third-order valence-corrected chi connectivity index (χ3v) is 4.81. The lowest BCUT2D eigenvalue weighted by Crippen LogP contribution is -2.50. The minimum Gasteiger partial charge on any atom is -0.469 e. The molecule has 1 fully saturated rings. The van der Waals surface area contributed by atoms with Gasteiger partial charge in [0.1, 0.15) is 0 Å². The van der Waals surface area contributed by atoms with Crippen molar-refractivity contribution in [1.29, 1.82) is 0 Å². The number of methoxy groups -OCH3 is 1. The summed E-state index contributed by atoms with van der Waals surface area (Å²) in [5.74, 6) is -0.569. The monoisotopic (exact) mass is 312 g/mol. The molecule has 2 rings (SSSR count). The molecule has 0 aliphatic carbocycles. The van der Waals surface area contributed by atoms with Crippen molar-refractivity contribution >= 4 is 23.2 Å². The highest BCUT2D eigenvalue weighted by atomic mass is 32.1. The van der Waals surface area contributed by atoms with Crippen molar-refractivity contribution in [2.75, 3.05) is 20.3 Å². The van der Waals surface area contributed by atoms with Gasteiger partial charge < -0.3 is 20.5 Å². The van der Waals surface area contributed by atoms with E-state index in [1.165, 1.54) is 18.4 Å². The van der Waals surface area contributed by atoms with E-state index in [1.54, 1.807) is 6.92 Å². The van der Waals surface area contributed by atoms with Gasteiger partial charge in [-0.2, -0.15) is 0 Å². The summed E-state index contributed by atoms with van der Waals surface area (Å²) in [7, 11) is 1.33. The average Bonchev–Trinajstić information content (AvgIpc) is 3.09. The number of ether oxygens (including phenoxy) is 2. The van der Waals surface area contributed by atoms with Crippen LogP contribution in [0.15, 0.2) is 17.5 Å². The Bertz CT molecular complexity index is 505. The molecular formula is C14H20N2O4S. The Morgan fingerprint density at radius 1 is 1.67 bits per heavy atom. The fourth-order valence-electron chi connectivity index (χ4n) is 2.21. The van der Waals surface area contributed by atoms with Gasteiger partial charge in [-0.25, -0.2) is 0 Å².